The molecule has 7 heteroatoms. The van der Waals surface area contributed by atoms with Gasteiger partial charge in [0.2, 0.25) is 4.96 Å². The molecule has 3 rings (SSSR count). The highest BCUT2D eigenvalue weighted by Gasteiger charge is 2.15. The summed E-state index contributed by atoms with van der Waals surface area (Å²) in [7, 11) is 1.60. The van der Waals surface area contributed by atoms with E-state index in [9.17, 15) is 4.79 Å². The van der Waals surface area contributed by atoms with E-state index in [1.165, 1.54) is 22.0 Å². The van der Waals surface area contributed by atoms with Crippen LogP contribution in [0.3, 0.4) is 0 Å². The molecule has 0 saturated carbocycles. The molecule has 96 valence electrons. The number of rotatable bonds is 3. The van der Waals surface area contributed by atoms with E-state index in [2.05, 4.69) is 10.1 Å². The van der Waals surface area contributed by atoms with Crippen LogP contribution in [0.1, 0.15) is 10.5 Å². The monoisotopic (exact) mass is 275 g/mol. The van der Waals surface area contributed by atoms with Crippen molar-refractivity contribution in [2.75, 3.05) is 7.11 Å². The van der Waals surface area contributed by atoms with Crippen molar-refractivity contribution in [1.82, 2.24) is 14.6 Å². The van der Waals surface area contributed by atoms with Gasteiger partial charge in [-0.3, -0.25) is 0 Å². The number of fused-ring (bicyclic) bond motifs is 1. The van der Waals surface area contributed by atoms with E-state index < -0.39 is 5.97 Å². The lowest BCUT2D eigenvalue weighted by atomic mass is 10.2. The minimum atomic E-state index is -1.06. The SMILES string of the molecule is COc1ccccc1-c1nn2cc(C(=O)O)nc2s1. The van der Waals surface area contributed by atoms with Crippen molar-refractivity contribution in [3.63, 3.8) is 0 Å². The smallest absolute Gasteiger partial charge is 0.356 e. The Balaban J connectivity index is 2.11. The highest BCUT2D eigenvalue weighted by Crippen LogP contribution is 2.32. The molecular weight excluding hydrogens is 266 g/mol. The maximum Gasteiger partial charge on any atom is 0.356 e. The number of methoxy groups -OCH3 is 1. The number of carboxylic acids is 1. The molecule has 1 aromatic carbocycles. The van der Waals surface area contributed by atoms with Gasteiger partial charge in [0.25, 0.3) is 0 Å². The molecule has 0 unspecified atom stereocenters. The van der Waals surface area contributed by atoms with E-state index in [1.807, 2.05) is 24.3 Å². The van der Waals surface area contributed by atoms with Gasteiger partial charge in [0.1, 0.15) is 5.75 Å². The van der Waals surface area contributed by atoms with Crippen LogP contribution < -0.4 is 4.74 Å². The third kappa shape index (κ3) is 1.93. The minimum absolute atomic E-state index is 0.00896. The van der Waals surface area contributed by atoms with Gasteiger partial charge in [0, 0.05) is 0 Å². The number of hydrogen-bond acceptors (Lipinski definition) is 5. The average molecular weight is 275 g/mol. The average Bonchev–Trinajstić information content (AvgIpc) is 2.96. The number of imidazole rings is 1. The highest BCUT2D eigenvalue weighted by atomic mass is 32.1. The van der Waals surface area contributed by atoms with Crippen molar-refractivity contribution in [1.29, 1.82) is 0 Å². The molecule has 19 heavy (non-hydrogen) atoms. The number of benzene rings is 1. The first-order chi connectivity index (χ1) is 9.19. The number of carbonyl (C=O) groups is 1. The first kappa shape index (κ1) is 11.7. The predicted octanol–water partition coefficient (Wildman–Crippen LogP) is 2.16. The Morgan fingerprint density at radius 3 is 2.89 bits per heavy atom. The molecule has 0 atom stereocenters. The molecule has 1 N–H and O–H groups in total. The van der Waals surface area contributed by atoms with Crippen LogP contribution in [0, 0.1) is 0 Å². The third-order valence-corrected chi connectivity index (χ3v) is 3.56. The van der Waals surface area contributed by atoms with Crippen LogP contribution >= 0.6 is 11.3 Å². The molecule has 0 spiro atoms. The zero-order valence-corrected chi connectivity index (χ0v) is 10.7. The zero-order chi connectivity index (χ0) is 13.4. The predicted molar refractivity (Wildman–Crippen MR) is 69.8 cm³/mol. The topological polar surface area (TPSA) is 76.7 Å². The molecule has 0 aliphatic heterocycles. The summed E-state index contributed by atoms with van der Waals surface area (Å²) in [6, 6.07) is 7.52. The van der Waals surface area contributed by atoms with Crippen LogP contribution in [0.5, 0.6) is 5.75 Å². The number of nitrogens with zero attached hydrogens (tertiary/aromatic N) is 3. The summed E-state index contributed by atoms with van der Waals surface area (Å²) < 4.78 is 6.75. The zero-order valence-electron chi connectivity index (χ0n) is 9.90. The first-order valence-corrected chi connectivity index (χ1v) is 6.23. The van der Waals surface area contributed by atoms with Gasteiger partial charge in [-0.1, -0.05) is 23.5 Å². The van der Waals surface area contributed by atoms with E-state index in [-0.39, 0.29) is 5.69 Å². The summed E-state index contributed by atoms with van der Waals surface area (Å²) >= 11 is 1.32. The summed E-state index contributed by atoms with van der Waals surface area (Å²) in [5, 5.41) is 13.9. The van der Waals surface area contributed by atoms with E-state index in [0.717, 1.165) is 16.3 Å². The maximum absolute atomic E-state index is 10.8. The molecule has 0 radical (unpaired) electrons. The number of carboxylic acid groups (broad SMARTS) is 1. The quantitative estimate of drug-likeness (QED) is 0.792. The molecule has 6 nitrogen and oxygen atoms in total. The lowest BCUT2D eigenvalue weighted by Gasteiger charge is -2.03. The van der Waals surface area contributed by atoms with Crippen LogP contribution in [0.15, 0.2) is 30.5 Å². The highest BCUT2D eigenvalue weighted by molar-refractivity contribution is 7.19. The summed E-state index contributed by atoms with van der Waals surface area (Å²) in [6.07, 6.45) is 1.40. The van der Waals surface area contributed by atoms with Gasteiger partial charge >= 0.3 is 5.97 Å². The fourth-order valence-electron chi connectivity index (χ4n) is 1.73. The van der Waals surface area contributed by atoms with Gasteiger partial charge in [-0.05, 0) is 12.1 Å². The minimum Gasteiger partial charge on any atom is -0.496 e. The van der Waals surface area contributed by atoms with Gasteiger partial charge in [0.05, 0.1) is 18.9 Å². The molecule has 0 aliphatic rings. The normalized spacial score (nSPS) is 10.8. The molecule has 0 bridgehead atoms. The van der Waals surface area contributed by atoms with Gasteiger partial charge in [-0.2, -0.15) is 5.10 Å². The van der Waals surface area contributed by atoms with Gasteiger partial charge in [-0.25, -0.2) is 14.3 Å². The number of hydrogen-bond donors (Lipinski definition) is 1. The molecule has 0 aliphatic carbocycles. The van der Waals surface area contributed by atoms with Gasteiger partial charge < -0.3 is 9.84 Å². The second-order valence-electron chi connectivity index (χ2n) is 3.77. The third-order valence-electron chi connectivity index (χ3n) is 2.60. The Kier molecular flexibility index (Phi) is 2.68. The summed E-state index contributed by atoms with van der Waals surface area (Å²) in [5.74, 6) is -0.338. The number of para-hydroxylation sites is 1. The van der Waals surface area contributed by atoms with Gasteiger partial charge in [0.15, 0.2) is 10.7 Å². The standard InChI is InChI=1S/C12H9N3O3S/c1-18-9-5-3-2-4-7(9)10-14-15-6-8(11(16)17)13-12(15)19-10/h2-6H,1H3,(H,16,17). The Morgan fingerprint density at radius 2 is 2.21 bits per heavy atom. The largest absolute Gasteiger partial charge is 0.496 e. The van der Waals surface area contributed by atoms with Crippen LogP contribution in [-0.4, -0.2) is 32.8 Å². The van der Waals surface area contributed by atoms with E-state index >= 15 is 0 Å². The van der Waals surface area contributed by atoms with E-state index in [1.54, 1.807) is 7.11 Å². The fourth-order valence-corrected chi connectivity index (χ4v) is 2.64. The fraction of sp³-hybridized carbons (Fsp3) is 0.0833. The van der Waals surface area contributed by atoms with Crippen molar-refractivity contribution in [3.05, 3.63) is 36.2 Å². The molecule has 2 aromatic heterocycles. The molecule has 0 fully saturated rings. The lowest BCUT2D eigenvalue weighted by Crippen LogP contribution is -1.95. The molecule has 0 amide bonds. The van der Waals surface area contributed by atoms with Crippen molar-refractivity contribution in [2.24, 2.45) is 0 Å². The Labute approximate surface area is 111 Å². The van der Waals surface area contributed by atoms with Crippen molar-refractivity contribution >= 4 is 22.3 Å². The van der Waals surface area contributed by atoms with Crippen LogP contribution in [-0.2, 0) is 0 Å². The Morgan fingerprint density at radius 1 is 1.42 bits per heavy atom. The maximum atomic E-state index is 10.8. The summed E-state index contributed by atoms with van der Waals surface area (Å²) in [5.41, 5.74) is 0.850. The van der Waals surface area contributed by atoms with Crippen molar-refractivity contribution in [2.45, 2.75) is 0 Å². The molecule has 2 heterocycles. The summed E-state index contributed by atoms with van der Waals surface area (Å²) in [6.45, 7) is 0. The second kappa shape index (κ2) is 4.36. The second-order valence-corrected chi connectivity index (χ2v) is 4.72. The number of aromatic carboxylic acids is 1. The van der Waals surface area contributed by atoms with E-state index in [4.69, 9.17) is 9.84 Å². The van der Waals surface area contributed by atoms with Crippen molar-refractivity contribution < 1.29 is 14.6 Å². The first-order valence-electron chi connectivity index (χ1n) is 5.42. The number of aromatic nitrogens is 3. The summed E-state index contributed by atoms with van der Waals surface area (Å²) in [4.78, 5) is 15.3. The molecular formula is C12H9N3O3S. The van der Waals surface area contributed by atoms with Crippen LogP contribution in [0.4, 0.5) is 0 Å². The Hall–Kier alpha value is -2.41. The Bertz CT molecular complexity index is 731. The molecule has 3 aromatic rings. The van der Waals surface area contributed by atoms with Gasteiger partial charge in [-0.15, -0.1) is 0 Å². The van der Waals surface area contributed by atoms with E-state index in [0.29, 0.717) is 4.96 Å². The van der Waals surface area contributed by atoms with Crippen LogP contribution in [0.2, 0.25) is 0 Å². The van der Waals surface area contributed by atoms with Crippen molar-refractivity contribution in [3.8, 4) is 16.3 Å². The molecule has 0 saturated heterocycles. The lowest BCUT2D eigenvalue weighted by molar-refractivity contribution is 0.0691. The van der Waals surface area contributed by atoms with Crippen LogP contribution in [0.25, 0.3) is 15.5 Å². The number of ether oxygens (including phenoxy) is 1.